The molecule has 0 bridgehead atoms. The number of carbonyl (C=O) groups is 1. The molecule has 0 saturated heterocycles. The van der Waals surface area contributed by atoms with Crippen molar-refractivity contribution in [1.82, 2.24) is 0 Å². The summed E-state index contributed by atoms with van der Waals surface area (Å²) in [5, 5.41) is 12.9. The highest BCUT2D eigenvalue weighted by atomic mass is 16.5. The molecule has 0 atom stereocenters. The Morgan fingerprint density at radius 3 is 2.45 bits per heavy atom. The van der Waals surface area contributed by atoms with Gasteiger partial charge in [0.25, 0.3) is 0 Å². The van der Waals surface area contributed by atoms with Crippen LogP contribution in [0.25, 0.3) is 0 Å². The highest BCUT2D eigenvalue weighted by molar-refractivity contribution is 5.83. The molecule has 1 fully saturated rings. The first-order valence-corrected chi connectivity index (χ1v) is 7.03. The number of carboxylic acids is 1. The molecule has 1 aliphatic rings. The maximum atomic E-state index is 11.8. The molecule has 2 rings (SSSR count). The Morgan fingerprint density at radius 1 is 1.25 bits per heavy atom. The van der Waals surface area contributed by atoms with E-state index in [2.05, 4.69) is 19.2 Å². The van der Waals surface area contributed by atoms with Crippen molar-refractivity contribution in [3.63, 3.8) is 0 Å². The summed E-state index contributed by atoms with van der Waals surface area (Å²) in [7, 11) is 1.61. The zero-order chi connectivity index (χ0) is 14.8. The second kappa shape index (κ2) is 5.35. The third-order valence-electron chi connectivity index (χ3n) is 4.32. The molecule has 1 saturated carbocycles. The van der Waals surface area contributed by atoms with Gasteiger partial charge in [-0.05, 0) is 43.2 Å². The molecule has 20 heavy (non-hydrogen) atoms. The SMILES string of the molecule is COc1cccc(NC2(C(=O)O)CCC(C)(C)CC2)c1. The van der Waals surface area contributed by atoms with Crippen LogP contribution in [-0.2, 0) is 4.79 Å². The van der Waals surface area contributed by atoms with E-state index in [0.717, 1.165) is 24.3 Å². The molecule has 1 aliphatic carbocycles. The van der Waals surface area contributed by atoms with E-state index in [-0.39, 0.29) is 5.41 Å². The minimum atomic E-state index is -0.859. The van der Waals surface area contributed by atoms with Gasteiger partial charge in [-0.2, -0.15) is 0 Å². The summed E-state index contributed by atoms with van der Waals surface area (Å²) in [6.45, 7) is 4.40. The molecular formula is C16H23NO3. The van der Waals surface area contributed by atoms with Gasteiger partial charge in [-0.3, -0.25) is 0 Å². The Kier molecular flexibility index (Phi) is 3.93. The van der Waals surface area contributed by atoms with Crippen LogP contribution in [0.5, 0.6) is 5.75 Å². The van der Waals surface area contributed by atoms with Crippen LogP contribution in [0.4, 0.5) is 5.69 Å². The van der Waals surface area contributed by atoms with Crippen LogP contribution >= 0.6 is 0 Å². The molecule has 4 nitrogen and oxygen atoms in total. The average Bonchev–Trinajstić information content (AvgIpc) is 2.41. The standard InChI is InChI=1S/C16H23NO3/c1-15(2)7-9-16(10-8-15,14(18)19)17-12-5-4-6-13(11-12)20-3/h4-6,11,17H,7-10H2,1-3H3,(H,18,19). The summed E-state index contributed by atoms with van der Waals surface area (Å²) >= 11 is 0. The zero-order valence-corrected chi connectivity index (χ0v) is 12.4. The van der Waals surface area contributed by atoms with Crippen LogP contribution < -0.4 is 10.1 Å². The maximum absolute atomic E-state index is 11.8. The Morgan fingerprint density at radius 2 is 1.90 bits per heavy atom. The molecule has 0 aromatic heterocycles. The Labute approximate surface area is 120 Å². The van der Waals surface area contributed by atoms with Gasteiger partial charge in [-0.1, -0.05) is 19.9 Å². The fraction of sp³-hybridized carbons (Fsp3) is 0.562. The first kappa shape index (κ1) is 14.7. The van der Waals surface area contributed by atoms with Crippen LogP contribution in [0.1, 0.15) is 39.5 Å². The molecule has 110 valence electrons. The molecule has 0 unspecified atom stereocenters. The lowest BCUT2D eigenvalue weighted by molar-refractivity contribution is -0.144. The lowest BCUT2D eigenvalue weighted by Crippen LogP contribution is -2.50. The summed E-state index contributed by atoms with van der Waals surface area (Å²) in [6, 6.07) is 7.43. The van der Waals surface area contributed by atoms with Crippen molar-refractivity contribution in [1.29, 1.82) is 0 Å². The van der Waals surface area contributed by atoms with Crippen molar-refractivity contribution in [3.8, 4) is 5.75 Å². The monoisotopic (exact) mass is 277 g/mol. The smallest absolute Gasteiger partial charge is 0.329 e. The molecule has 0 amide bonds. The van der Waals surface area contributed by atoms with E-state index in [4.69, 9.17) is 4.74 Å². The number of aliphatic carboxylic acids is 1. The first-order chi connectivity index (χ1) is 9.37. The molecular weight excluding hydrogens is 254 g/mol. The number of anilines is 1. The molecule has 2 N–H and O–H groups in total. The molecule has 1 aromatic rings. The van der Waals surface area contributed by atoms with Crippen molar-refractivity contribution in [2.24, 2.45) is 5.41 Å². The second-order valence-electron chi connectivity index (χ2n) is 6.41. The van der Waals surface area contributed by atoms with E-state index in [1.54, 1.807) is 7.11 Å². The molecule has 0 aliphatic heterocycles. The van der Waals surface area contributed by atoms with Crippen molar-refractivity contribution >= 4 is 11.7 Å². The van der Waals surface area contributed by atoms with E-state index in [0.29, 0.717) is 12.8 Å². The predicted octanol–water partition coefficient (Wildman–Crippen LogP) is 3.53. The molecule has 4 heteroatoms. The molecule has 0 radical (unpaired) electrons. The topological polar surface area (TPSA) is 58.6 Å². The summed E-state index contributed by atoms with van der Waals surface area (Å²) < 4.78 is 5.18. The van der Waals surface area contributed by atoms with Crippen molar-refractivity contribution < 1.29 is 14.6 Å². The number of nitrogens with one attached hydrogen (secondary N) is 1. The minimum Gasteiger partial charge on any atom is -0.497 e. The zero-order valence-electron chi connectivity index (χ0n) is 12.4. The highest BCUT2D eigenvalue weighted by Crippen LogP contribution is 2.42. The lowest BCUT2D eigenvalue weighted by Gasteiger charge is -2.41. The fourth-order valence-corrected chi connectivity index (χ4v) is 2.72. The van der Waals surface area contributed by atoms with Gasteiger partial charge in [0.15, 0.2) is 0 Å². The van der Waals surface area contributed by atoms with Crippen LogP contribution in [0, 0.1) is 5.41 Å². The number of hydrogen-bond donors (Lipinski definition) is 2. The van der Waals surface area contributed by atoms with E-state index < -0.39 is 11.5 Å². The van der Waals surface area contributed by atoms with Gasteiger partial charge >= 0.3 is 5.97 Å². The van der Waals surface area contributed by atoms with Crippen LogP contribution in [0.3, 0.4) is 0 Å². The normalized spacial score (nSPS) is 20.1. The summed E-state index contributed by atoms with van der Waals surface area (Å²) in [4.78, 5) is 11.8. The van der Waals surface area contributed by atoms with Crippen molar-refractivity contribution in [2.75, 3.05) is 12.4 Å². The van der Waals surface area contributed by atoms with Crippen molar-refractivity contribution in [2.45, 2.75) is 45.1 Å². The summed E-state index contributed by atoms with van der Waals surface area (Å²) in [5.41, 5.74) is 0.170. The largest absolute Gasteiger partial charge is 0.497 e. The third-order valence-corrected chi connectivity index (χ3v) is 4.32. The van der Waals surface area contributed by atoms with E-state index in [1.165, 1.54) is 0 Å². The minimum absolute atomic E-state index is 0.231. The molecule has 0 spiro atoms. The third kappa shape index (κ3) is 3.06. The molecule has 1 aromatic carbocycles. The summed E-state index contributed by atoms with van der Waals surface area (Å²) in [6.07, 6.45) is 3.12. The number of benzene rings is 1. The van der Waals surface area contributed by atoms with Gasteiger partial charge in [0.05, 0.1) is 7.11 Å². The molecule has 0 heterocycles. The van der Waals surface area contributed by atoms with Gasteiger partial charge in [0.1, 0.15) is 11.3 Å². The first-order valence-electron chi connectivity index (χ1n) is 7.03. The van der Waals surface area contributed by atoms with E-state index >= 15 is 0 Å². The van der Waals surface area contributed by atoms with Gasteiger partial charge in [-0.25, -0.2) is 4.79 Å². The Balaban J connectivity index is 2.20. The van der Waals surface area contributed by atoms with Gasteiger partial charge < -0.3 is 15.2 Å². The second-order valence-corrected chi connectivity index (χ2v) is 6.41. The van der Waals surface area contributed by atoms with Gasteiger partial charge in [0, 0.05) is 11.8 Å². The lowest BCUT2D eigenvalue weighted by atomic mass is 9.69. The predicted molar refractivity (Wildman–Crippen MR) is 79.2 cm³/mol. The van der Waals surface area contributed by atoms with Crippen LogP contribution in [0.15, 0.2) is 24.3 Å². The maximum Gasteiger partial charge on any atom is 0.329 e. The Hall–Kier alpha value is -1.71. The highest BCUT2D eigenvalue weighted by Gasteiger charge is 2.44. The average molecular weight is 277 g/mol. The van der Waals surface area contributed by atoms with Crippen LogP contribution in [-0.4, -0.2) is 23.7 Å². The number of ether oxygens (including phenoxy) is 1. The number of rotatable bonds is 4. The quantitative estimate of drug-likeness (QED) is 0.884. The van der Waals surface area contributed by atoms with E-state index in [1.807, 2.05) is 24.3 Å². The van der Waals surface area contributed by atoms with Crippen LogP contribution in [0.2, 0.25) is 0 Å². The number of methoxy groups -OCH3 is 1. The number of hydrogen-bond acceptors (Lipinski definition) is 3. The number of carboxylic acid groups (broad SMARTS) is 1. The van der Waals surface area contributed by atoms with Gasteiger partial charge in [0.2, 0.25) is 0 Å². The summed E-state index contributed by atoms with van der Waals surface area (Å²) in [5.74, 6) is -0.0394. The fourth-order valence-electron chi connectivity index (χ4n) is 2.72. The van der Waals surface area contributed by atoms with E-state index in [9.17, 15) is 9.90 Å². The Bertz CT molecular complexity index is 486. The van der Waals surface area contributed by atoms with Crippen molar-refractivity contribution in [3.05, 3.63) is 24.3 Å². The van der Waals surface area contributed by atoms with Gasteiger partial charge in [-0.15, -0.1) is 0 Å².